The number of ether oxygens (including phenoxy) is 1. The van der Waals surface area contributed by atoms with Crippen LogP contribution in [0.5, 0.6) is 5.75 Å². The van der Waals surface area contributed by atoms with Crippen LogP contribution in [-0.2, 0) is 4.79 Å². The maximum atomic E-state index is 12.6. The van der Waals surface area contributed by atoms with Crippen LogP contribution in [0.2, 0.25) is 0 Å². The Balaban J connectivity index is 1.78. The van der Waals surface area contributed by atoms with Gasteiger partial charge in [-0.05, 0) is 42.3 Å². The smallest absolute Gasteiger partial charge is 0.387 e. The van der Waals surface area contributed by atoms with Crippen LogP contribution < -0.4 is 15.4 Å². The van der Waals surface area contributed by atoms with E-state index in [-0.39, 0.29) is 17.7 Å². The van der Waals surface area contributed by atoms with E-state index in [9.17, 15) is 13.6 Å². The second kappa shape index (κ2) is 9.80. The van der Waals surface area contributed by atoms with Crippen LogP contribution in [0, 0.1) is 0 Å². The van der Waals surface area contributed by atoms with Gasteiger partial charge in [0.05, 0.1) is 12.1 Å². The monoisotopic (exact) mass is 396 g/mol. The Morgan fingerprint density at radius 1 is 0.828 bits per heavy atom. The first-order valence-electron chi connectivity index (χ1n) is 9.24. The predicted octanol–water partition coefficient (Wildman–Crippen LogP) is 4.99. The van der Waals surface area contributed by atoms with Gasteiger partial charge in [0.1, 0.15) is 5.75 Å². The van der Waals surface area contributed by atoms with Gasteiger partial charge < -0.3 is 10.1 Å². The van der Waals surface area contributed by atoms with Gasteiger partial charge in [-0.3, -0.25) is 10.1 Å². The standard InChI is InChI=1S/C23H22F2N2O2/c1-16(22(28)27-19-10-6-3-7-11-19)26-21(17-8-4-2-5-9-17)18-12-14-20(15-13-18)29-23(24)25/h2-16,21,23,26H,1H3,(H,27,28)/t16-,21-/m1/s1. The van der Waals surface area contributed by atoms with E-state index in [1.807, 2.05) is 60.7 Å². The minimum atomic E-state index is -2.87. The summed E-state index contributed by atoms with van der Waals surface area (Å²) in [6.45, 7) is -1.09. The summed E-state index contributed by atoms with van der Waals surface area (Å²) in [5, 5.41) is 6.20. The summed E-state index contributed by atoms with van der Waals surface area (Å²) in [7, 11) is 0. The van der Waals surface area contributed by atoms with Gasteiger partial charge in [0.2, 0.25) is 5.91 Å². The van der Waals surface area contributed by atoms with E-state index in [1.165, 1.54) is 12.1 Å². The van der Waals surface area contributed by atoms with Crippen LogP contribution in [0.3, 0.4) is 0 Å². The van der Waals surface area contributed by atoms with E-state index >= 15 is 0 Å². The Kier molecular flexibility index (Phi) is 6.92. The van der Waals surface area contributed by atoms with Crippen molar-refractivity contribution in [3.63, 3.8) is 0 Å². The summed E-state index contributed by atoms with van der Waals surface area (Å²) in [5.74, 6) is -0.0831. The van der Waals surface area contributed by atoms with Crippen molar-refractivity contribution in [2.75, 3.05) is 5.32 Å². The van der Waals surface area contributed by atoms with Gasteiger partial charge >= 0.3 is 6.61 Å². The Bertz CT molecular complexity index is 903. The number of alkyl halides is 2. The molecule has 3 rings (SSSR count). The molecule has 6 heteroatoms. The minimum Gasteiger partial charge on any atom is -0.435 e. The third-order valence-corrected chi connectivity index (χ3v) is 4.42. The first kappa shape index (κ1) is 20.5. The van der Waals surface area contributed by atoms with Gasteiger partial charge in [-0.15, -0.1) is 0 Å². The van der Waals surface area contributed by atoms with Gasteiger partial charge in [-0.1, -0.05) is 60.7 Å². The highest BCUT2D eigenvalue weighted by molar-refractivity contribution is 5.94. The number of hydrogen-bond donors (Lipinski definition) is 2. The summed E-state index contributed by atoms with van der Waals surface area (Å²) >= 11 is 0. The molecule has 0 radical (unpaired) electrons. The van der Waals surface area contributed by atoms with Gasteiger partial charge in [0.15, 0.2) is 0 Å². The molecule has 0 spiro atoms. The molecule has 0 aromatic heterocycles. The molecule has 0 bridgehead atoms. The van der Waals surface area contributed by atoms with Crippen LogP contribution in [0.25, 0.3) is 0 Å². The highest BCUT2D eigenvalue weighted by atomic mass is 19.3. The Morgan fingerprint density at radius 2 is 1.38 bits per heavy atom. The fraction of sp³-hybridized carbons (Fsp3) is 0.174. The van der Waals surface area contributed by atoms with E-state index in [0.717, 1.165) is 16.8 Å². The zero-order valence-electron chi connectivity index (χ0n) is 15.9. The van der Waals surface area contributed by atoms with Gasteiger partial charge in [0, 0.05) is 5.69 Å². The number of nitrogens with one attached hydrogen (secondary N) is 2. The van der Waals surface area contributed by atoms with Crippen molar-refractivity contribution in [2.45, 2.75) is 25.6 Å². The van der Waals surface area contributed by atoms with Crippen LogP contribution >= 0.6 is 0 Å². The van der Waals surface area contributed by atoms with Crippen molar-refractivity contribution in [3.05, 3.63) is 96.1 Å². The van der Waals surface area contributed by atoms with E-state index < -0.39 is 12.7 Å². The van der Waals surface area contributed by atoms with Crippen molar-refractivity contribution in [2.24, 2.45) is 0 Å². The normalized spacial score (nSPS) is 13.0. The maximum absolute atomic E-state index is 12.6. The first-order valence-corrected chi connectivity index (χ1v) is 9.24. The Hall–Kier alpha value is -3.25. The molecule has 0 aliphatic heterocycles. The molecule has 2 N–H and O–H groups in total. The zero-order valence-corrected chi connectivity index (χ0v) is 15.9. The van der Waals surface area contributed by atoms with E-state index in [1.54, 1.807) is 19.1 Å². The lowest BCUT2D eigenvalue weighted by Gasteiger charge is -2.24. The van der Waals surface area contributed by atoms with Crippen LogP contribution in [0.15, 0.2) is 84.9 Å². The number of rotatable bonds is 8. The molecule has 2 atom stereocenters. The highest BCUT2D eigenvalue weighted by Gasteiger charge is 2.21. The molecule has 0 fully saturated rings. The number of halogens is 2. The summed E-state index contributed by atoms with van der Waals surface area (Å²) in [6, 6.07) is 24.5. The average molecular weight is 396 g/mol. The van der Waals surface area contributed by atoms with Crippen LogP contribution in [-0.4, -0.2) is 18.6 Å². The first-order chi connectivity index (χ1) is 14.0. The average Bonchev–Trinajstić information content (AvgIpc) is 2.73. The number of benzene rings is 3. The molecule has 0 unspecified atom stereocenters. The second-order valence-corrected chi connectivity index (χ2v) is 6.53. The lowest BCUT2D eigenvalue weighted by molar-refractivity contribution is -0.117. The van der Waals surface area contributed by atoms with E-state index in [0.29, 0.717) is 0 Å². The van der Waals surface area contributed by atoms with Crippen molar-refractivity contribution in [1.29, 1.82) is 0 Å². The van der Waals surface area contributed by atoms with Gasteiger partial charge in [-0.2, -0.15) is 8.78 Å². The summed E-state index contributed by atoms with van der Waals surface area (Å²) in [6.07, 6.45) is 0. The van der Waals surface area contributed by atoms with Crippen molar-refractivity contribution < 1.29 is 18.3 Å². The van der Waals surface area contributed by atoms with Gasteiger partial charge in [-0.25, -0.2) is 0 Å². The quantitative estimate of drug-likeness (QED) is 0.564. The molecule has 0 heterocycles. The molecule has 0 aliphatic carbocycles. The molecule has 1 amide bonds. The fourth-order valence-corrected chi connectivity index (χ4v) is 2.97. The number of carbonyl (C=O) groups is 1. The number of amides is 1. The van der Waals surface area contributed by atoms with Gasteiger partial charge in [0.25, 0.3) is 0 Å². The maximum Gasteiger partial charge on any atom is 0.387 e. The Labute approximate surface area is 168 Å². The van der Waals surface area contributed by atoms with Crippen LogP contribution in [0.1, 0.15) is 24.1 Å². The second-order valence-electron chi connectivity index (χ2n) is 6.53. The predicted molar refractivity (Wildman–Crippen MR) is 109 cm³/mol. The molecule has 3 aromatic carbocycles. The molecule has 0 aliphatic rings. The molecular formula is C23H22F2N2O2. The molecule has 29 heavy (non-hydrogen) atoms. The highest BCUT2D eigenvalue weighted by Crippen LogP contribution is 2.25. The largest absolute Gasteiger partial charge is 0.435 e. The number of para-hydroxylation sites is 1. The van der Waals surface area contributed by atoms with Crippen molar-refractivity contribution in [1.82, 2.24) is 5.32 Å². The molecule has 3 aromatic rings. The molecule has 0 saturated heterocycles. The Morgan fingerprint density at radius 3 is 1.97 bits per heavy atom. The summed E-state index contributed by atoms with van der Waals surface area (Å²) in [4.78, 5) is 12.6. The lowest BCUT2D eigenvalue weighted by atomic mass is 9.97. The summed E-state index contributed by atoms with van der Waals surface area (Å²) in [5.41, 5.74) is 2.50. The minimum absolute atomic E-state index is 0.0884. The number of carbonyl (C=O) groups excluding carboxylic acids is 1. The zero-order chi connectivity index (χ0) is 20.6. The molecule has 150 valence electrons. The molecule has 4 nitrogen and oxygen atoms in total. The van der Waals surface area contributed by atoms with Crippen molar-refractivity contribution >= 4 is 11.6 Å². The topological polar surface area (TPSA) is 50.4 Å². The molecular weight excluding hydrogens is 374 g/mol. The third-order valence-electron chi connectivity index (χ3n) is 4.42. The number of anilines is 1. The lowest BCUT2D eigenvalue weighted by Crippen LogP contribution is -2.40. The fourth-order valence-electron chi connectivity index (χ4n) is 2.97. The molecule has 0 saturated carbocycles. The third kappa shape index (κ3) is 5.86. The van der Waals surface area contributed by atoms with Crippen LogP contribution in [0.4, 0.5) is 14.5 Å². The van der Waals surface area contributed by atoms with E-state index in [2.05, 4.69) is 15.4 Å². The van der Waals surface area contributed by atoms with Crippen molar-refractivity contribution in [3.8, 4) is 5.75 Å². The number of hydrogen-bond acceptors (Lipinski definition) is 3. The summed E-state index contributed by atoms with van der Waals surface area (Å²) < 4.78 is 29.2. The SMILES string of the molecule is C[C@@H](N[C@H](c1ccccc1)c1ccc(OC(F)F)cc1)C(=O)Nc1ccccc1. The van der Waals surface area contributed by atoms with E-state index in [4.69, 9.17) is 0 Å².